The highest BCUT2D eigenvalue weighted by Gasteiger charge is 2.33. The second-order valence-electron chi connectivity index (χ2n) is 9.94. The van der Waals surface area contributed by atoms with Crippen LogP contribution >= 0.6 is 39.1 Å². The first-order valence-corrected chi connectivity index (χ1v) is 15.1. The fourth-order valence-corrected chi connectivity index (χ4v) is 5.98. The van der Waals surface area contributed by atoms with Gasteiger partial charge in [-0.05, 0) is 76.2 Å². The zero-order chi connectivity index (χ0) is 29.0. The Morgan fingerprint density at radius 2 is 1.49 bits per heavy atom. The number of sulfonamides is 1. The van der Waals surface area contributed by atoms with Crippen molar-refractivity contribution in [3.05, 3.63) is 92.9 Å². The van der Waals surface area contributed by atoms with E-state index in [1.807, 2.05) is 20.8 Å². The van der Waals surface area contributed by atoms with Crippen molar-refractivity contribution in [2.75, 3.05) is 10.8 Å². The number of nitrogens with one attached hydrogen (secondary N) is 1. The molecule has 3 aromatic carbocycles. The molecule has 0 aliphatic carbocycles. The number of nitrogens with zero attached hydrogens (tertiary/aromatic N) is 2. The molecule has 3 aromatic rings. The van der Waals surface area contributed by atoms with Crippen LogP contribution in [0, 0.1) is 0 Å². The Hall–Kier alpha value is -2.59. The summed E-state index contributed by atoms with van der Waals surface area (Å²) in [6, 6.07) is 18.4. The van der Waals surface area contributed by atoms with Gasteiger partial charge < -0.3 is 10.2 Å². The molecule has 39 heavy (non-hydrogen) atoms. The van der Waals surface area contributed by atoms with Gasteiger partial charge in [-0.25, -0.2) is 8.42 Å². The van der Waals surface area contributed by atoms with E-state index in [0.29, 0.717) is 15.6 Å². The van der Waals surface area contributed by atoms with E-state index in [1.54, 1.807) is 67.6 Å². The lowest BCUT2D eigenvalue weighted by molar-refractivity contribution is -0.140. The summed E-state index contributed by atoms with van der Waals surface area (Å²) in [6.07, 6.45) is 0. The van der Waals surface area contributed by atoms with Gasteiger partial charge in [-0.2, -0.15) is 0 Å². The Bertz CT molecular complexity index is 1410. The molecule has 0 aliphatic heterocycles. The van der Waals surface area contributed by atoms with Crippen LogP contribution in [-0.2, 0) is 26.2 Å². The molecule has 2 amide bonds. The highest BCUT2D eigenvalue weighted by molar-refractivity contribution is 9.10. The molecule has 11 heteroatoms. The van der Waals surface area contributed by atoms with Gasteiger partial charge in [0.05, 0.1) is 10.6 Å². The maximum Gasteiger partial charge on any atom is 0.264 e. The van der Waals surface area contributed by atoms with Gasteiger partial charge in [-0.1, -0.05) is 63.4 Å². The molecule has 3 rings (SSSR count). The van der Waals surface area contributed by atoms with Crippen molar-refractivity contribution in [2.24, 2.45) is 0 Å². The Morgan fingerprint density at radius 1 is 0.923 bits per heavy atom. The molecule has 1 atom stereocenters. The monoisotopic (exact) mass is 653 g/mol. The van der Waals surface area contributed by atoms with Gasteiger partial charge in [-0.15, -0.1) is 0 Å². The van der Waals surface area contributed by atoms with Crippen LogP contribution in [0.4, 0.5) is 5.69 Å². The summed E-state index contributed by atoms with van der Waals surface area (Å²) in [5.74, 6) is -1.01. The first kappa shape index (κ1) is 30.9. The maximum atomic E-state index is 14.0. The maximum absolute atomic E-state index is 14.0. The quantitative estimate of drug-likeness (QED) is 0.294. The molecule has 0 fully saturated rings. The van der Waals surface area contributed by atoms with E-state index in [1.165, 1.54) is 17.0 Å². The van der Waals surface area contributed by atoms with Crippen molar-refractivity contribution in [1.29, 1.82) is 0 Å². The van der Waals surface area contributed by atoms with Crippen molar-refractivity contribution in [3.8, 4) is 0 Å². The van der Waals surface area contributed by atoms with Gasteiger partial charge >= 0.3 is 0 Å². The summed E-state index contributed by atoms with van der Waals surface area (Å²) >= 11 is 16.2. The predicted molar refractivity (Wildman–Crippen MR) is 159 cm³/mol. The van der Waals surface area contributed by atoms with Crippen LogP contribution in [-0.4, -0.2) is 43.3 Å². The van der Waals surface area contributed by atoms with Crippen LogP contribution in [0.15, 0.2) is 82.2 Å². The highest BCUT2D eigenvalue weighted by Crippen LogP contribution is 2.29. The highest BCUT2D eigenvalue weighted by atomic mass is 79.9. The van der Waals surface area contributed by atoms with Crippen molar-refractivity contribution < 1.29 is 18.0 Å². The molecule has 0 saturated heterocycles. The third kappa shape index (κ3) is 7.97. The lowest BCUT2D eigenvalue weighted by Gasteiger charge is -2.33. The fraction of sp³-hybridized carbons (Fsp3) is 0.286. The summed E-state index contributed by atoms with van der Waals surface area (Å²) in [6.45, 7) is 6.41. The second kappa shape index (κ2) is 12.7. The van der Waals surface area contributed by atoms with Gasteiger partial charge in [-0.3, -0.25) is 13.9 Å². The number of hydrogen-bond donors (Lipinski definition) is 1. The minimum Gasteiger partial charge on any atom is -0.350 e. The number of benzene rings is 3. The van der Waals surface area contributed by atoms with Crippen LogP contribution in [0.3, 0.4) is 0 Å². The Kier molecular flexibility index (Phi) is 10.1. The van der Waals surface area contributed by atoms with E-state index in [2.05, 4.69) is 21.2 Å². The molecule has 0 saturated carbocycles. The standard InChI is InChI=1S/C28H30BrCl2N3O4S/c1-19(27(36)32-28(2,3)4)33(17-23-24(30)11-8-12-25(23)31)26(35)18-34(21-15-13-20(29)14-16-21)39(37,38)22-9-6-5-7-10-22/h5-16,19H,17-18H2,1-4H3,(H,32,36)/t19-/m1/s1. The Labute approximate surface area is 248 Å². The number of anilines is 1. The largest absolute Gasteiger partial charge is 0.350 e. The van der Waals surface area contributed by atoms with Crippen LogP contribution in [0.1, 0.15) is 33.3 Å². The van der Waals surface area contributed by atoms with Crippen molar-refractivity contribution in [1.82, 2.24) is 10.2 Å². The van der Waals surface area contributed by atoms with Gasteiger partial charge in [0, 0.05) is 32.2 Å². The topological polar surface area (TPSA) is 86.8 Å². The normalized spacial score (nSPS) is 12.5. The lowest BCUT2D eigenvalue weighted by atomic mass is 10.1. The first-order chi connectivity index (χ1) is 18.2. The number of amides is 2. The molecule has 1 N–H and O–H groups in total. The predicted octanol–water partition coefficient (Wildman–Crippen LogP) is 6.28. The Balaban J connectivity index is 2.06. The molecular formula is C28H30BrCl2N3O4S. The van der Waals surface area contributed by atoms with E-state index in [4.69, 9.17) is 23.2 Å². The zero-order valence-electron chi connectivity index (χ0n) is 22.0. The number of carbonyl (C=O) groups excluding carboxylic acids is 2. The first-order valence-electron chi connectivity index (χ1n) is 12.1. The third-order valence-corrected chi connectivity index (χ3v) is 8.81. The minimum atomic E-state index is -4.14. The van der Waals surface area contributed by atoms with Crippen LogP contribution in [0.5, 0.6) is 0 Å². The average molecular weight is 655 g/mol. The average Bonchev–Trinajstić information content (AvgIpc) is 2.86. The van der Waals surface area contributed by atoms with E-state index < -0.39 is 40.0 Å². The van der Waals surface area contributed by atoms with Crippen molar-refractivity contribution in [3.63, 3.8) is 0 Å². The van der Waals surface area contributed by atoms with Gasteiger partial charge in [0.1, 0.15) is 12.6 Å². The molecular weight excluding hydrogens is 625 g/mol. The number of carbonyl (C=O) groups is 2. The molecule has 0 aliphatic rings. The second-order valence-corrected chi connectivity index (χ2v) is 13.5. The molecule has 7 nitrogen and oxygen atoms in total. The molecule has 0 unspecified atom stereocenters. The van der Waals surface area contributed by atoms with Gasteiger partial charge in [0.25, 0.3) is 10.0 Å². The number of hydrogen-bond acceptors (Lipinski definition) is 4. The molecule has 0 heterocycles. The molecule has 0 spiro atoms. The molecule has 0 bridgehead atoms. The van der Waals surface area contributed by atoms with Crippen molar-refractivity contribution >= 4 is 66.7 Å². The summed E-state index contributed by atoms with van der Waals surface area (Å²) in [5, 5.41) is 3.53. The smallest absolute Gasteiger partial charge is 0.264 e. The zero-order valence-corrected chi connectivity index (χ0v) is 25.9. The van der Waals surface area contributed by atoms with E-state index >= 15 is 0 Å². The summed E-state index contributed by atoms with van der Waals surface area (Å²) in [4.78, 5) is 28.4. The van der Waals surface area contributed by atoms with E-state index in [-0.39, 0.29) is 17.1 Å². The van der Waals surface area contributed by atoms with E-state index in [0.717, 1.165) is 8.78 Å². The summed E-state index contributed by atoms with van der Waals surface area (Å²) in [7, 11) is -4.14. The molecule has 0 radical (unpaired) electrons. The van der Waals surface area contributed by atoms with Crippen LogP contribution < -0.4 is 9.62 Å². The Morgan fingerprint density at radius 3 is 2.03 bits per heavy atom. The van der Waals surface area contributed by atoms with E-state index in [9.17, 15) is 18.0 Å². The minimum absolute atomic E-state index is 0.0277. The number of halogens is 3. The molecule has 208 valence electrons. The number of rotatable bonds is 9. The fourth-order valence-electron chi connectivity index (χ4n) is 3.77. The van der Waals surface area contributed by atoms with Crippen LogP contribution in [0.2, 0.25) is 10.0 Å². The SMILES string of the molecule is C[C@H](C(=O)NC(C)(C)C)N(Cc1c(Cl)cccc1Cl)C(=O)CN(c1ccc(Br)cc1)S(=O)(=O)c1ccccc1. The lowest BCUT2D eigenvalue weighted by Crippen LogP contribution is -2.54. The van der Waals surface area contributed by atoms with Crippen molar-refractivity contribution in [2.45, 2.75) is 50.7 Å². The third-order valence-electron chi connectivity index (χ3n) is 5.78. The van der Waals surface area contributed by atoms with Gasteiger partial charge in [0.15, 0.2) is 0 Å². The van der Waals surface area contributed by atoms with Crippen LogP contribution in [0.25, 0.3) is 0 Å². The van der Waals surface area contributed by atoms with Gasteiger partial charge in [0.2, 0.25) is 11.8 Å². The molecule has 0 aromatic heterocycles. The summed E-state index contributed by atoms with van der Waals surface area (Å²) in [5.41, 5.74) is 0.186. The summed E-state index contributed by atoms with van der Waals surface area (Å²) < 4.78 is 29.3.